The van der Waals surface area contributed by atoms with Crippen molar-refractivity contribution in [2.75, 3.05) is 32.7 Å². The molecule has 2 aliphatic heterocycles. The Bertz CT molecular complexity index is 370. The lowest BCUT2D eigenvalue weighted by molar-refractivity contribution is -0.0474. The first-order valence-electron chi connectivity index (χ1n) is 8.10. The van der Waals surface area contributed by atoms with Gasteiger partial charge in [0.05, 0.1) is 5.60 Å². The fraction of sp³-hybridized carbons (Fsp3) is 0.938. The number of hydrogen-bond donors (Lipinski definition) is 1. The largest absolute Gasteiger partial charge is 0.444 e. The van der Waals surface area contributed by atoms with Crippen LogP contribution in [0.2, 0.25) is 0 Å². The molecule has 21 heavy (non-hydrogen) atoms. The number of hydrogen-bond acceptors (Lipinski definition) is 4. The summed E-state index contributed by atoms with van der Waals surface area (Å²) in [7, 11) is 0. The Morgan fingerprint density at radius 3 is 2.38 bits per heavy atom. The molecule has 0 aromatic heterocycles. The van der Waals surface area contributed by atoms with Gasteiger partial charge in [-0.05, 0) is 52.5 Å². The Morgan fingerprint density at radius 2 is 1.90 bits per heavy atom. The van der Waals surface area contributed by atoms with Crippen LogP contribution in [0.15, 0.2) is 0 Å². The monoisotopic (exact) mass is 298 g/mol. The van der Waals surface area contributed by atoms with Crippen LogP contribution >= 0.6 is 0 Å². The first-order chi connectivity index (χ1) is 9.67. The highest BCUT2D eigenvalue weighted by Gasteiger charge is 2.37. The number of aliphatic hydroxyl groups is 1. The Hall–Kier alpha value is -0.810. The van der Waals surface area contributed by atoms with Gasteiger partial charge in [0.1, 0.15) is 5.60 Å². The minimum absolute atomic E-state index is 0.264. The number of carbonyl (C=O) groups is 1. The van der Waals surface area contributed by atoms with Crippen LogP contribution in [0.4, 0.5) is 4.79 Å². The van der Waals surface area contributed by atoms with E-state index in [9.17, 15) is 9.90 Å². The fourth-order valence-electron chi connectivity index (χ4n) is 3.18. The molecule has 1 amide bonds. The second-order valence-corrected chi connectivity index (χ2v) is 7.82. The molecule has 5 heteroatoms. The topological polar surface area (TPSA) is 53.0 Å². The van der Waals surface area contributed by atoms with Crippen molar-refractivity contribution in [1.29, 1.82) is 0 Å². The predicted octanol–water partition coefficient (Wildman–Crippen LogP) is 2.09. The Kier molecular flexibility index (Phi) is 4.83. The van der Waals surface area contributed by atoms with E-state index >= 15 is 0 Å². The Morgan fingerprint density at radius 1 is 1.29 bits per heavy atom. The molecule has 0 aliphatic carbocycles. The van der Waals surface area contributed by atoms with E-state index < -0.39 is 11.2 Å². The van der Waals surface area contributed by atoms with Crippen LogP contribution < -0.4 is 0 Å². The van der Waals surface area contributed by atoms with Crippen LogP contribution in [-0.4, -0.2) is 64.9 Å². The van der Waals surface area contributed by atoms with Crippen molar-refractivity contribution in [3.63, 3.8) is 0 Å². The number of ether oxygens (including phenoxy) is 1. The number of amides is 1. The summed E-state index contributed by atoms with van der Waals surface area (Å²) in [5.74, 6) is 0.732. The van der Waals surface area contributed by atoms with Gasteiger partial charge in [-0.3, -0.25) is 0 Å². The third-order valence-electron chi connectivity index (χ3n) is 4.37. The molecule has 0 bridgehead atoms. The van der Waals surface area contributed by atoms with E-state index in [0.717, 1.165) is 25.6 Å². The first-order valence-corrected chi connectivity index (χ1v) is 8.10. The van der Waals surface area contributed by atoms with Crippen molar-refractivity contribution in [3.8, 4) is 0 Å². The summed E-state index contributed by atoms with van der Waals surface area (Å²) in [6, 6.07) is 0. The molecule has 1 atom stereocenters. The summed E-state index contributed by atoms with van der Waals surface area (Å²) < 4.78 is 5.39. The molecule has 0 aromatic carbocycles. The van der Waals surface area contributed by atoms with Gasteiger partial charge in [-0.1, -0.05) is 6.92 Å². The molecule has 2 fully saturated rings. The number of rotatable bonds is 2. The third kappa shape index (κ3) is 4.85. The van der Waals surface area contributed by atoms with Gasteiger partial charge in [0.15, 0.2) is 0 Å². The average molecular weight is 298 g/mol. The zero-order valence-corrected chi connectivity index (χ0v) is 13.9. The molecular formula is C16H30N2O3. The van der Waals surface area contributed by atoms with Crippen LogP contribution in [0, 0.1) is 5.92 Å². The lowest BCUT2D eigenvalue weighted by Gasteiger charge is -2.40. The summed E-state index contributed by atoms with van der Waals surface area (Å²) in [6.07, 6.45) is 2.23. The second kappa shape index (κ2) is 6.13. The van der Waals surface area contributed by atoms with Crippen molar-refractivity contribution >= 4 is 6.09 Å². The third-order valence-corrected chi connectivity index (χ3v) is 4.37. The van der Waals surface area contributed by atoms with Crippen molar-refractivity contribution in [1.82, 2.24) is 9.80 Å². The maximum Gasteiger partial charge on any atom is 0.410 e. The molecule has 122 valence electrons. The number of likely N-dealkylation sites (tertiary alicyclic amines) is 2. The minimum Gasteiger partial charge on any atom is -0.444 e. The minimum atomic E-state index is -0.650. The summed E-state index contributed by atoms with van der Waals surface area (Å²) in [4.78, 5) is 16.1. The van der Waals surface area contributed by atoms with Gasteiger partial charge in [0, 0.05) is 26.2 Å². The molecule has 2 saturated heterocycles. The molecule has 0 saturated carbocycles. The summed E-state index contributed by atoms with van der Waals surface area (Å²) in [5, 5.41) is 10.7. The molecular weight excluding hydrogens is 268 g/mol. The number of β-amino-alcohol motifs (C(OH)–C–C–N with tert-alkyl or cyclic N) is 1. The average Bonchev–Trinajstić information content (AvgIpc) is 2.72. The zero-order valence-electron chi connectivity index (χ0n) is 13.9. The first kappa shape index (κ1) is 16.6. The van der Waals surface area contributed by atoms with E-state index in [1.165, 1.54) is 6.42 Å². The number of carbonyl (C=O) groups excluding carboxylic acids is 1. The van der Waals surface area contributed by atoms with Gasteiger partial charge in [0.2, 0.25) is 0 Å². The van der Waals surface area contributed by atoms with Crippen molar-refractivity contribution in [3.05, 3.63) is 0 Å². The van der Waals surface area contributed by atoms with E-state index in [1.54, 1.807) is 4.90 Å². The van der Waals surface area contributed by atoms with Crippen LogP contribution in [0.1, 0.15) is 47.0 Å². The van der Waals surface area contributed by atoms with Crippen molar-refractivity contribution in [2.45, 2.75) is 58.2 Å². The Balaban J connectivity index is 1.80. The van der Waals surface area contributed by atoms with E-state index in [-0.39, 0.29) is 6.09 Å². The van der Waals surface area contributed by atoms with Gasteiger partial charge in [0.25, 0.3) is 0 Å². The molecule has 0 radical (unpaired) electrons. The quantitative estimate of drug-likeness (QED) is 0.848. The highest BCUT2D eigenvalue weighted by molar-refractivity contribution is 5.68. The highest BCUT2D eigenvalue weighted by atomic mass is 16.6. The normalized spacial score (nSPS) is 26.9. The Labute approximate surface area is 128 Å². The molecule has 0 spiro atoms. The molecule has 5 nitrogen and oxygen atoms in total. The van der Waals surface area contributed by atoms with Gasteiger partial charge in [-0.15, -0.1) is 0 Å². The van der Waals surface area contributed by atoms with Crippen LogP contribution in [0.25, 0.3) is 0 Å². The van der Waals surface area contributed by atoms with Crippen LogP contribution in [0.5, 0.6) is 0 Å². The molecule has 2 heterocycles. The van der Waals surface area contributed by atoms with Crippen molar-refractivity contribution < 1.29 is 14.6 Å². The number of piperidine rings is 1. The highest BCUT2D eigenvalue weighted by Crippen LogP contribution is 2.27. The summed E-state index contributed by atoms with van der Waals surface area (Å²) in [6.45, 7) is 11.9. The summed E-state index contributed by atoms with van der Waals surface area (Å²) in [5.41, 5.74) is -1.11. The van der Waals surface area contributed by atoms with E-state index in [2.05, 4.69) is 11.8 Å². The van der Waals surface area contributed by atoms with Crippen LogP contribution in [-0.2, 0) is 4.74 Å². The molecule has 1 N–H and O–H groups in total. The van der Waals surface area contributed by atoms with E-state index in [1.807, 2.05) is 20.8 Å². The molecule has 1 unspecified atom stereocenters. The van der Waals surface area contributed by atoms with Gasteiger partial charge in [-0.2, -0.15) is 0 Å². The van der Waals surface area contributed by atoms with Gasteiger partial charge >= 0.3 is 6.09 Å². The maximum atomic E-state index is 12.0. The molecule has 0 aromatic rings. The fourth-order valence-corrected chi connectivity index (χ4v) is 3.18. The predicted molar refractivity (Wildman–Crippen MR) is 82.2 cm³/mol. The maximum absolute atomic E-state index is 12.0. The van der Waals surface area contributed by atoms with Crippen molar-refractivity contribution in [2.24, 2.45) is 5.92 Å². The standard InChI is InChI=1S/C16H30N2O3/c1-13-5-8-17(11-13)12-16(20)6-9-18(10-7-16)14(19)21-15(2,3)4/h13,20H,5-12H2,1-4H3. The lowest BCUT2D eigenvalue weighted by Crippen LogP contribution is -2.52. The zero-order chi connectivity index (χ0) is 15.7. The summed E-state index contributed by atoms with van der Waals surface area (Å²) >= 11 is 0. The van der Waals surface area contributed by atoms with Gasteiger partial charge in [-0.25, -0.2) is 4.79 Å². The number of nitrogens with zero attached hydrogens (tertiary/aromatic N) is 2. The van der Waals surface area contributed by atoms with E-state index in [0.29, 0.717) is 25.9 Å². The molecule has 2 rings (SSSR count). The van der Waals surface area contributed by atoms with E-state index in [4.69, 9.17) is 4.74 Å². The lowest BCUT2D eigenvalue weighted by atomic mass is 9.91. The SMILES string of the molecule is CC1CCN(CC2(O)CCN(C(=O)OC(C)(C)C)CC2)C1. The smallest absolute Gasteiger partial charge is 0.410 e. The van der Waals surface area contributed by atoms with Crippen LogP contribution in [0.3, 0.4) is 0 Å². The molecule has 2 aliphatic rings. The van der Waals surface area contributed by atoms with Gasteiger partial charge < -0.3 is 19.6 Å². The second-order valence-electron chi connectivity index (χ2n) is 7.82.